The van der Waals surface area contributed by atoms with Crippen LogP contribution in [0.4, 0.5) is 0 Å². The SMILES string of the molecule is CCOC1(OCC)CCN(Cc2ccccc2)C2CCCCC21. The minimum absolute atomic E-state index is 0.345. The minimum Gasteiger partial charge on any atom is -0.350 e. The zero-order valence-electron chi connectivity index (χ0n) is 14.7. The number of hydrogen-bond donors (Lipinski definition) is 0. The van der Waals surface area contributed by atoms with E-state index in [9.17, 15) is 0 Å². The molecule has 1 aromatic rings. The Kier molecular flexibility index (Phi) is 5.73. The van der Waals surface area contributed by atoms with Crippen molar-refractivity contribution in [1.82, 2.24) is 4.90 Å². The molecule has 0 spiro atoms. The molecule has 1 aliphatic heterocycles. The van der Waals surface area contributed by atoms with Crippen LogP contribution < -0.4 is 0 Å². The van der Waals surface area contributed by atoms with E-state index in [-0.39, 0.29) is 5.79 Å². The predicted molar refractivity (Wildman–Crippen MR) is 93.2 cm³/mol. The zero-order valence-corrected chi connectivity index (χ0v) is 14.7. The van der Waals surface area contributed by atoms with Crippen LogP contribution >= 0.6 is 0 Å². The Morgan fingerprint density at radius 1 is 1.04 bits per heavy atom. The number of benzene rings is 1. The van der Waals surface area contributed by atoms with Gasteiger partial charge in [-0.05, 0) is 32.3 Å². The molecule has 1 heterocycles. The normalized spacial score (nSPS) is 27.6. The maximum Gasteiger partial charge on any atom is 0.173 e. The highest BCUT2D eigenvalue weighted by molar-refractivity contribution is 5.15. The number of fused-ring (bicyclic) bond motifs is 1. The Balaban J connectivity index is 1.78. The van der Waals surface area contributed by atoms with Crippen molar-refractivity contribution in [3.8, 4) is 0 Å². The van der Waals surface area contributed by atoms with Crippen molar-refractivity contribution in [3.63, 3.8) is 0 Å². The van der Waals surface area contributed by atoms with Crippen molar-refractivity contribution in [2.45, 2.75) is 64.3 Å². The molecule has 3 heteroatoms. The van der Waals surface area contributed by atoms with E-state index in [0.717, 1.165) is 32.7 Å². The molecule has 1 saturated heterocycles. The highest BCUT2D eigenvalue weighted by atomic mass is 16.7. The van der Waals surface area contributed by atoms with Crippen LogP contribution in [0.15, 0.2) is 30.3 Å². The first-order chi connectivity index (χ1) is 11.3. The van der Waals surface area contributed by atoms with Crippen LogP contribution in [0, 0.1) is 5.92 Å². The van der Waals surface area contributed by atoms with Gasteiger partial charge in [-0.25, -0.2) is 0 Å². The molecule has 0 bridgehead atoms. The van der Waals surface area contributed by atoms with Gasteiger partial charge in [-0.2, -0.15) is 0 Å². The van der Waals surface area contributed by atoms with Gasteiger partial charge < -0.3 is 9.47 Å². The van der Waals surface area contributed by atoms with Crippen LogP contribution in [0.3, 0.4) is 0 Å². The predicted octanol–water partition coefficient (Wildman–Crippen LogP) is 4.22. The van der Waals surface area contributed by atoms with E-state index in [1.165, 1.54) is 31.2 Å². The number of likely N-dealkylation sites (tertiary alicyclic amines) is 1. The number of nitrogens with zero attached hydrogens (tertiary/aromatic N) is 1. The molecule has 1 aliphatic carbocycles. The topological polar surface area (TPSA) is 21.7 Å². The Hall–Kier alpha value is -0.900. The molecule has 0 N–H and O–H groups in total. The molecule has 23 heavy (non-hydrogen) atoms. The Morgan fingerprint density at radius 3 is 2.43 bits per heavy atom. The van der Waals surface area contributed by atoms with Crippen molar-refractivity contribution in [1.29, 1.82) is 0 Å². The number of rotatable bonds is 6. The standard InChI is InChI=1S/C20H31NO2/c1-3-22-20(23-4-2)14-15-21(16-17-10-6-5-7-11-17)19-13-9-8-12-18(19)20/h5-7,10-11,18-19H,3-4,8-9,12-16H2,1-2H3. The van der Waals surface area contributed by atoms with Crippen molar-refractivity contribution in [3.05, 3.63) is 35.9 Å². The quantitative estimate of drug-likeness (QED) is 0.733. The third-order valence-electron chi connectivity index (χ3n) is 5.52. The van der Waals surface area contributed by atoms with Gasteiger partial charge in [0.05, 0.1) is 0 Å². The van der Waals surface area contributed by atoms with Crippen molar-refractivity contribution >= 4 is 0 Å². The van der Waals surface area contributed by atoms with Crippen LogP contribution in [-0.2, 0) is 16.0 Å². The molecule has 0 aromatic heterocycles. The lowest BCUT2D eigenvalue weighted by molar-refractivity contribution is -0.297. The van der Waals surface area contributed by atoms with Crippen LogP contribution in [0.2, 0.25) is 0 Å². The van der Waals surface area contributed by atoms with E-state index in [0.29, 0.717) is 12.0 Å². The molecule has 3 nitrogen and oxygen atoms in total. The van der Waals surface area contributed by atoms with Crippen LogP contribution in [-0.4, -0.2) is 36.5 Å². The summed E-state index contributed by atoms with van der Waals surface area (Å²) >= 11 is 0. The van der Waals surface area contributed by atoms with Gasteiger partial charge in [0.15, 0.2) is 5.79 Å². The molecular weight excluding hydrogens is 286 g/mol. The van der Waals surface area contributed by atoms with Gasteiger partial charge in [-0.1, -0.05) is 43.2 Å². The lowest BCUT2D eigenvalue weighted by Gasteiger charge is -2.53. The van der Waals surface area contributed by atoms with Gasteiger partial charge in [0.25, 0.3) is 0 Å². The average Bonchev–Trinajstić information content (AvgIpc) is 2.59. The van der Waals surface area contributed by atoms with E-state index >= 15 is 0 Å². The van der Waals surface area contributed by atoms with E-state index in [2.05, 4.69) is 49.1 Å². The summed E-state index contributed by atoms with van der Waals surface area (Å²) in [6.45, 7) is 7.78. The smallest absolute Gasteiger partial charge is 0.173 e. The van der Waals surface area contributed by atoms with Crippen LogP contribution in [0.25, 0.3) is 0 Å². The Bertz CT molecular complexity index is 470. The molecule has 2 atom stereocenters. The van der Waals surface area contributed by atoms with Crippen molar-refractivity contribution in [2.24, 2.45) is 5.92 Å². The van der Waals surface area contributed by atoms with E-state index < -0.39 is 0 Å². The molecule has 128 valence electrons. The Morgan fingerprint density at radius 2 is 1.74 bits per heavy atom. The summed E-state index contributed by atoms with van der Waals surface area (Å²) in [6, 6.07) is 11.5. The van der Waals surface area contributed by atoms with Gasteiger partial charge >= 0.3 is 0 Å². The highest BCUT2D eigenvalue weighted by Gasteiger charge is 2.50. The fourth-order valence-corrected chi connectivity index (χ4v) is 4.62. The second-order valence-electron chi connectivity index (χ2n) is 6.84. The molecule has 3 rings (SSSR count). The van der Waals surface area contributed by atoms with Crippen LogP contribution in [0.1, 0.15) is 51.5 Å². The van der Waals surface area contributed by atoms with Gasteiger partial charge in [0.1, 0.15) is 0 Å². The van der Waals surface area contributed by atoms with Gasteiger partial charge in [-0.3, -0.25) is 4.90 Å². The largest absolute Gasteiger partial charge is 0.350 e. The van der Waals surface area contributed by atoms with E-state index in [4.69, 9.17) is 9.47 Å². The summed E-state index contributed by atoms with van der Waals surface area (Å²) in [5.41, 5.74) is 1.41. The lowest BCUT2D eigenvalue weighted by atomic mass is 9.74. The average molecular weight is 317 g/mol. The second-order valence-corrected chi connectivity index (χ2v) is 6.84. The summed E-state index contributed by atoms with van der Waals surface area (Å²) in [5.74, 6) is 0.163. The van der Waals surface area contributed by atoms with Gasteiger partial charge in [0.2, 0.25) is 0 Å². The molecule has 1 aromatic carbocycles. The Labute approximate surface area is 141 Å². The van der Waals surface area contributed by atoms with Crippen molar-refractivity contribution < 1.29 is 9.47 Å². The van der Waals surface area contributed by atoms with Crippen molar-refractivity contribution in [2.75, 3.05) is 19.8 Å². The lowest BCUT2D eigenvalue weighted by Crippen LogP contribution is -2.60. The van der Waals surface area contributed by atoms with E-state index in [1.807, 2.05) is 0 Å². The van der Waals surface area contributed by atoms with Crippen LogP contribution in [0.5, 0.6) is 0 Å². The molecule has 2 unspecified atom stereocenters. The first-order valence-corrected chi connectivity index (χ1v) is 9.35. The summed E-state index contributed by atoms with van der Waals surface area (Å²) in [6.07, 6.45) is 6.14. The maximum atomic E-state index is 6.23. The molecule has 0 amide bonds. The number of piperidine rings is 1. The number of ether oxygens (including phenoxy) is 2. The first-order valence-electron chi connectivity index (χ1n) is 9.35. The molecule has 1 saturated carbocycles. The summed E-state index contributed by atoms with van der Waals surface area (Å²) < 4.78 is 12.5. The molecular formula is C20H31NO2. The maximum absolute atomic E-state index is 6.23. The third kappa shape index (κ3) is 3.62. The number of hydrogen-bond acceptors (Lipinski definition) is 3. The fraction of sp³-hybridized carbons (Fsp3) is 0.700. The van der Waals surface area contributed by atoms with E-state index in [1.54, 1.807) is 0 Å². The third-order valence-corrected chi connectivity index (χ3v) is 5.52. The first kappa shape index (κ1) is 16.9. The monoisotopic (exact) mass is 317 g/mol. The minimum atomic E-state index is -0.345. The highest BCUT2D eigenvalue weighted by Crippen LogP contribution is 2.44. The second kappa shape index (κ2) is 7.78. The summed E-state index contributed by atoms with van der Waals surface area (Å²) in [7, 11) is 0. The molecule has 2 fully saturated rings. The molecule has 0 radical (unpaired) electrons. The summed E-state index contributed by atoms with van der Waals surface area (Å²) in [5, 5.41) is 0. The fourth-order valence-electron chi connectivity index (χ4n) is 4.62. The molecule has 2 aliphatic rings. The van der Waals surface area contributed by atoms with Gasteiger partial charge in [0, 0.05) is 44.7 Å². The summed E-state index contributed by atoms with van der Waals surface area (Å²) in [4.78, 5) is 2.68. The zero-order chi connectivity index (χ0) is 16.1. The van der Waals surface area contributed by atoms with Gasteiger partial charge in [-0.15, -0.1) is 0 Å².